The molecule has 0 fully saturated rings. The van der Waals surface area contributed by atoms with Gasteiger partial charge in [0.15, 0.2) is 0 Å². The van der Waals surface area contributed by atoms with Crippen molar-refractivity contribution in [1.82, 2.24) is 5.43 Å². The maximum absolute atomic E-state index is 5.46. The molecular formula is C9H15BrN2S. The first-order valence-corrected chi connectivity index (χ1v) is 6.13. The third-order valence-corrected chi connectivity index (χ3v) is 3.94. The van der Waals surface area contributed by atoms with Crippen LogP contribution in [0.3, 0.4) is 0 Å². The van der Waals surface area contributed by atoms with E-state index in [9.17, 15) is 0 Å². The fourth-order valence-corrected chi connectivity index (χ4v) is 2.88. The Morgan fingerprint density at radius 3 is 2.92 bits per heavy atom. The molecule has 1 aromatic rings. The molecule has 74 valence electrons. The Morgan fingerprint density at radius 2 is 2.46 bits per heavy atom. The number of hydrogen-bond donors (Lipinski definition) is 2. The first-order chi connectivity index (χ1) is 6.27. The zero-order chi connectivity index (χ0) is 9.68. The van der Waals surface area contributed by atoms with Gasteiger partial charge < -0.3 is 0 Å². The summed E-state index contributed by atoms with van der Waals surface area (Å²) in [5.74, 6) is 5.46. The Labute approximate surface area is 91.6 Å². The smallest absolute Gasteiger partial charge is 0.0314 e. The highest BCUT2D eigenvalue weighted by Gasteiger charge is 2.09. The fourth-order valence-electron chi connectivity index (χ4n) is 1.29. The minimum Gasteiger partial charge on any atom is -0.271 e. The molecule has 0 saturated heterocycles. The van der Waals surface area contributed by atoms with Crippen LogP contribution in [0.25, 0.3) is 0 Å². The predicted octanol–water partition coefficient (Wildman–Crippen LogP) is 2.69. The van der Waals surface area contributed by atoms with Crippen LogP contribution in [0.1, 0.15) is 24.6 Å². The van der Waals surface area contributed by atoms with Crippen LogP contribution in [-0.2, 0) is 6.42 Å². The van der Waals surface area contributed by atoms with E-state index in [-0.39, 0.29) is 0 Å². The van der Waals surface area contributed by atoms with Crippen molar-refractivity contribution in [2.45, 2.75) is 32.2 Å². The van der Waals surface area contributed by atoms with E-state index < -0.39 is 0 Å². The lowest BCUT2D eigenvalue weighted by molar-refractivity contribution is 0.488. The molecule has 0 amide bonds. The first-order valence-electron chi connectivity index (χ1n) is 4.46. The average molecular weight is 263 g/mol. The molecule has 0 radical (unpaired) electrons. The van der Waals surface area contributed by atoms with Crippen LogP contribution in [0.15, 0.2) is 15.9 Å². The summed E-state index contributed by atoms with van der Waals surface area (Å²) < 4.78 is 1.20. The van der Waals surface area contributed by atoms with Gasteiger partial charge in [0.1, 0.15) is 0 Å². The summed E-state index contributed by atoms with van der Waals surface area (Å²) in [6.45, 7) is 2.17. The standard InChI is InChI=1S/C9H15BrN2S/c1-2-3-7(12-11)6-9-8(10)4-5-13-9/h4-5,7,12H,2-3,6,11H2,1H3. The second kappa shape index (κ2) is 5.75. The predicted molar refractivity (Wildman–Crippen MR) is 61.7 cm³/mol. The first kappa shape index (κ1) is 11.2. The molecule has 0 aliphatic carbocycles. The maximum atomic E-state index is 5.46. The molecule has 3 N–H and O–H groups in total. The third kappa shape index (κ3) is 3.38. The van der Waals surface area contributed by atoms with E-state index in [0.717, 1.165) is 19.3 Å². The normalized spacial score (nSPS) is 13.2. The van der Waals surface area contributed by atoms with E-state index in [4.69, 9.17) is 5.84 Å². The summed E-state index contributed by atoms with van der Waals surface area (Å²) in [7, 11) is 0. The minimum absolute atomic E-state index is 0.403. The number of nitrogens with one attached hydrogen (secondary N) is 1. The Morgan fingerprint density at radius 1 is 1.69 bits per heavy atom. The van der Waals surface area contributed by atoms with Crippen LogP contribution in [0.2, 0.25) is 0 Å². The van der Waals surface area contributed by atoms with Gasteiger partial charge in [-0.25, -0.2) is 0 Å². The van der Waals surface area contributed by atoms with Crippen LogP contribution in [-0.4, -0.2) is 6.04 Å². The van der Waals surface area contributed by atoms with E-state index >= 15 is 0 Å². The topological polar surface area (TPSA) is 38.0 Å². The zero-order valence-corrected chi connectivity index (χ0v) is 10.1. The van der Waals surface area contributed by atoms with Crippen molar-refractivity contribution >= 4 is 27.3 Å². The lowest BCUT2D eigenvalue weighted by Crippen LogP contribution is -2.36. The van der Waals surface area contributed by atoms with Gasteiger partial charge in [-0.2, -0.15) is 0 Å². The SMILES string of the molecule is CCCC(Cc1sccc1Br)NN. The Hall–Kier alpha value is 0.1000. The minimum atomic E-state index is 0.403. The number of halogens is 1. The van der Waals surface area contributed by atoms with Gasteiger partial charge in [0.05, 0.1) is 0 Å². The largest absolute Gasteiger partial charge is 0.271 e. The monoisotopic (exact) mass is 262 g/mol. The average Bonchev–Trinajstić information content (AvgIpc) is 2.51. The van der Waals surface area contributed by atoms with Gasteiger partial charge in [-0.05, 0) is 40.2 Å². The summed E-state index contributed by atoms with van der Waals surface area (Å²) in [5.41, 5.74) is 2.85. The van der Waals surface area contributed by atoms with Crippen molar-refractivity contribution in [2.24, 2.45) is 5.84 Å². The molecule has 4 heteroatoms. The lowest BCUT2D eigenvalue weighted by atomic mass is 10.1. The molecule has 0 bridgehead atoms. The highest BCUT2D eigenvalue weighted by molar-refractivity contribution is 9.10. The van der Waals surface area contributed by atoms with Crippen molar-refractivity contribution in [3.8, 4) is 0 Å². The molecule has 1 aromatic heterocycles. The molecule has 0 spiro atoms. The van der Waals surface area contributed by atoms with Gasteiger partial charge >= 0.3 is 0 Å². The summed E-state index contributed by atoms with van der Waals surface area (Å²) >= 11 is 5.29. The second-order valence-electron chi connectivity index (χ2n) is 3.05. The molecule has 1 atom stereocenters. The van der Waals surface area contributed by atoms with Gasteiger partial charge in [-0.3, -0.25) is 11.3 Å². The van der Waals surface area contributed by atoms with Crippen LogP contribution < -0.4 is 11.3 Å². The number of nitrogens with two attached hydrogens (primary N) is 1. The van der Waals surface area contributed by atoms with Crippen molar-refractivity contribution in [3.63, 3.8) is 0 Å². The van der Waals surface area contributed by atoms with Crippen LogP contribution in [0, 0.1) is 0 Å². The van der Waals surface area contributed by atoms with E-state index in [2.05, 4.69) is 39.7 Å². The van der Waals surface area contributed by atoms with Gasteiger partial charge in [0.2, 0.25) is 0 Å². The molecule has 1 unspecified atom stereocenters. The lowest BCUT2D eigenvalue weighted by Gasteiger charge is -2.13. The maximum Gasteiger partial charge on any atom is 0.0314 e. The highest BCUT2D eigenvalue weighted by Crippen LogP contribution is 2.24. The molecule has 0 aliphatic heterocycles. The molecule has 1 heterocycles. The van der Waals surface area contributed by atoms with Crippen molar-refractivity contribution in [2.75, 3.05) is 0 Å². The van der Waals surface area contributed by atoms with Gasteiger partial charge in [0, 0.05) is 15.4 Å². The van der Waals surface area contributed by atoms with Gasteiger partial charge in [0.25, 0.3) is 0 Å². The Kier molecular flexibility index (Phi) is 4.94. The highest BCUT2D eigenvalue weighted by atomic mass is 79.9. The van der Waals surface area contributed by atoms with Gasteiger partial charge in [-0.1, -0.05) is 13.3 Å². The van der Waals surface area contributed by atoms with E-state index in [1.807, 2.05) is 0 Å². The van der Waals surface area contributed by atoms with Crippen LogP contribution >= 0.6 is 27.3 Å². The zero-order valence-electron chi connectivity index (χ0n) is 7.72. The molecule has 0 aromatic carbocycles. The number of hydrogen-bond acceptors (Lipinski definition) is 3. The number of thiophene rings is 1. The van der Waals surface area contributed by atoms with Crippen molar-refractivity contribution in [1.29, 1.82) is 0 Å². The molecule has 13 heavy (non-hydrogen) atoms. The number of hydrazine groups is 1. The Balaban J connectivity index is 2.51. The number of rotatable bonds is 5. The second-order valence-corrected chi connectivity index (χ2v) is 4.90. The summed E-state index contributed by atoms with van der Waals surface area (Å²) in [4.78, 5) is 1.37. The fraction of sp³-hybridized carbons (Fsp3) is 0.556. The third-order valence-electron chi connectivity index (χ3n) is 2.00. The quantitative estimate of drug-likeness (QED) is 0.633. The van der Waals surface area contributed by atoms with Crippen molar-refractivity contribution < 1.29 is 0 Å². The van der Waals surface area contributed by atoms with E-state index in [0.29, 0.717) is 6.04 Å². The van der Waals surface area contributed by atoms with E-state index in [1.165, 1.54) is 9.35 Å². The molecule has 2 nitrogen and oxygen atoms in total. The summed E-state index contributed by atoms with van der Waals surface area (Å²) in [6.07, 6.45) is 3.31. The molecule has 0 saturated carbocycles. The van der Waals surface area contributed by atoms with Gasteiger partial charge in [-0.15, -0.1) is 11.3 Å². The summed E-state index contributed by atoms with van der Waals surface area (Å²) in [5, 5.41) is 2.10. The van der Waals surface area contributed by atoms with E-state index in [1.54, 1.807) is 11.3 Å². The summed E-state index contributed by atoms with van der Waals surface area (Å²) in [6, 6.07) is 2.49. The molecule has 0 aliphatic rings. The van der Waals surface area contributed by atoms with Crippen LogP contribution in [0.5, 0.6) is 0 Å². The molecule has 1 rings (SSSR count). The Bertz CT molecular complexity index is 250. The molecular weight excluding hydrogens is 248 g/mol. The van der Waals surface area contributed by atoms with Crippen LogP contribution in [0.4, 0.5) is 0 Å². The van der Waals surface area contributed by atoms with Crippen molar-refractivity contribution in [3.05, 3.63) is 20.8 Å².